The third-order valence-corrected chi connectivity index (χ3v) is 18.1. The number of carboxylic acids is 1. The van der Waals surface area contributed by atoms with E-state index in [4.69, 9.17) is 62.7 Å². The Morgan fingerprint density at radius 1 is 0.859 bits per heavy atom. The summed E-state index contributed by atoms with van der Waals surface area (Å²) >= 11 is 18.8. The number of nitrogens with zero attached hydrogens (tertiary/aromatic N) is 2. The molecular formula is C49H58Cl3N3O8Si. The molecule has 3 aliphatic rings. The van der Waals surface area contributed by atoms with E-state index >= 15 is 0 Å². The minimum Gasteiger partial charge on any atom is -0.528 e. The minimum absolute atomic E-state index is 0.106. The third kappa shape index (κ3) is 11.3. The molecule has 2 atom stereocenters. The van der Waals surface area contributed by atoms with E-state index in [-0.39, 0.29) is 23.7 Å². The fourth-order valence-electron chi connectivity index (χ4n) is 7.64. The van der Waals surface area contributed by atoms with Gasteiger partial charge in [0.1, 0.15) is 49.4 Å². The summed E-state index contributed by atoms with van der Waals surface area (Å²) in [4.78, 5) is 13.5. The van der Waals surface area contributed by atoms with E-state index in [2.05, 4.69) is 68.3 Å². The van der Waals surface area contributed by atoms with Crippen LogP contribution in [0.2, 0.25) is 33.2 Å². The average molecular weight is 951 g/mol. The Labute approximate surface area is 392 Å². The molecule has 1 saturated heterocycles. The number of hydrogen-bond donors (Lipinski definition) is 2. The van der Waals surface area contributed by atoms with E-state index in [9.17, 15) is 9.90 Å². The quantitative estimate of drug-likeness (QED) is 0.103. The van der Waals surface area contributed by atoms with E-state index in [1.54, 1.807) is 25.1 Å². The van der Waals surface area contributed by atoms with E-state index in [0.717, 1.165) is 69.5 Å². The van der Waals surface area contributed by atoms with Crippen LogP contribution < -0.4 is 28.7 Å². The largest absolute Gasteiger partial charge is 0.528 e. The summed E-state index contributed by atoms with van der Waals surface area (Å²) < 4.78 is 35.7. The standard InChI is InChI=1S/C28H37ClN2O4Si.C21H21Cl2NO4/c1-7-19-9-8-10-25(29)24(19)18-32-22-12-11-20-13-21(17-33-26(20)14-22)30-16-23-15-27(31-34-23)35-36(5,6)28(2,3)4;1-21(20(25)26)11-24(12-21)14-7-13-5-6-15(8-19(13)28-9-14)27-10-16-17(22)3-2-4-18(16)23/h8-12,14-15,21,30H,7,13,16-18H2,1-6H3;2-6,8,14H,7,9-12H2,1H3,(H,25,26). The van der Waals surface area contributed by atoms with Crippen LogP contribution in [0, 0.1) is 5.41 Å². The maximum absolute atomic E-state index is 11.3. The lowest BCUT2D eigenvalue weighted by Gasteiger charge is -2.49. The van der Waals surface area contributed by atoms with Gasteiger partial charge in [-0.2, -0.15) is 0 Å². The van der Waals surface area contributed by atoms with Crippen molar-refractivity contribution in [2.45, 2.75) is 104 Å². The molecule has 1 aromatic heterocycles. The Morgan fingerprint density at radius 2 is 1.44 bits per heavy atom. The van der Waals surface area contributed by atoms with Crippen LogP contribution in [0.3, 0.4) is 0 Å². The zero-order valence-electron chi connectivity index (χ0n) is 37.6. The monoisotopic (exact) mass is 949 g/mol. The number of hydrogen-bond acceptors (Lipinski definition) is 10. The molecule has 3 aliphatic heterocycles. The number of aryl methyl sites for hydroxylation is 1. The fourth-order valence-corrected chi connectivity index (χ4v) is 9.32. The number of aliphatic carboxylic acids is 1. The maximum Gasteiger partial charge on any atom is 0.311 e. The average Bonchev–Trinajstić information content (AvgIpc) is 3.69. The van der Waals surface area contributed by atoms with Gasteiger partial charge in [-0.3, -0.25) is 9.69 Å². The number of likely N-dealkylation sites (tertiary alicyclic amines) is 1. The molecule has 0 bridgehead atoms. The summed E-state index contributed by atoms with van der Waals surface area (Å²) in [5, 5.41) is 18.9. The third-order valence-electron chi connectivity index (χ3n) is 12.7. The van der Waals surface area contributed by atoms with Gasteiger partial charge >= 0.3 is 5.97 Å². The Morgan fingerprint density at radius 3 is 2.05 bits per heavy atom. The van der Waals surface area contributed by atoms with E-state index in [0.29, 0.717) is 61.1 Å². The first-order valence-electron chi connectivity index (χ1n) is 21.7. The second kappa shape index (κ2) is 20.0. The van der Waals surface area contributed by atoms with Gasteiger partial charge in [0.25, 0.3) is 8.32 Å². The van der Waals surface area contributed by atoms with Crippen molar-refractivity contribution in [3.63, 3.8) is 0 Å². The van der Waals surface area contributed by atoms with Crippen LogP contribution >= 0.6 is 34.8 Å². The minimum atomic E-state index is -1.94. The van der Waals surface area contributed by atoms with E-state index in [1.165, 1.54) is 5.56 Å². The summed E-state index contributed by atoms with van der Waals surface area (Å²) in [6, 6.07) is 25.4. The molecule has 11 nitrogen and oxygen atoms in total. The van der Waals surface area contributed by atoms with Crippen molar-refractivity contribution in [1.82, 2.24) is 15.4 Å². The van der Waals surface area contributed by atoms with Gasteiger partial charge in [0, 0.05) is 69.6 Å². The highest BCUT2D eigenvalue weighted by atomic mass is 35.5. The van der Waals surface area contributed by atoms with Gasteiger partial charge in [0.2, 0.25) is 5.88 Å². The number of rotatable bonds is 14. The Hall–Kier alpha value is -4.43. The van der Waals surface area contributed by atoms with Crippen molar-refractivity contribution in [1.29, 1.82) is 0 Å². The lowest BCUT2D eigenvalue weighted by Crippen LogP contribution is -2.63. The molecule has 0 aliphatic carbocycles. The SMILES string of the molecule is CC1(C(=O)O)CN(C2COc3cc(OCc4c(Cl)cccc4Cl)ccc3C2)C1.CCc1cccc(Cl)c1COc1ccc2c(c1)OCC(NCc1cc(O[Si](C)(C)C(C)(C)C)no1)C2. The molecule has 2 N–H and O–H groups in total. The zero-order chi connectivity index (χ0) is 45.8. The lowest BCUT2D eigenvalue weighted by atomic mass is 9.80. The molecule has 15 heteroatoms. The van der Waals surface area contributed by atoms with Crippen LogP contribution in [-0.4, -0.2) is 67.8 Å². The highest BCUT2D eigenvalue weighted by Gasteiger charge is 2.48. The summed E-state index contributed by atoms with van der Waals surface area (Å²) in [5.41, 5.74) is 4.61. The fraction of sp³-hybridized carbons (Fsp3) is 0.429. The number of fused-ring (bicyclic) bond motifs is 2. The normalized spacial score (nSPS) is 17.9. The highest BCUT2D eigenvalue weighted by molar-refractivity contribution is 6.74. The molecule has 1 fully saturated rings. The van der Waals surface area contributed by atoms with Crippen LogP contribution in [-0.2, 0) is 43.8 Å². The van der Waals surface area contributed by atoms with Crippen LogP contribution in [0.4, 0.5) is 0 Å². The lowest BCUT2D eigenvalue weighted by molar-refractivity contribution is -0.161. The van der Waals surface area contributed by atoms with Crippen molar-refractivity contribution in [2.75, 3.05) is 26.3 Å². The van der Waals surface area contributed by atoms with Crippen LogP contribution in [0.25, 0.3) is 0 Å². The van der Waals surface area contributed by atoms with Gasteiger partial charge in [0.05, 0.1) is 12.0 Å². The Bertz CT molecular complexity index is 2410. The molecule has 0 spiro atoms. The predicted octanol–water partition coefficient (Wildman–Crippen LogP) is 11.2. The number of carbonyl (C=O) groups is 1. The molecule has 5 aromatic rings. The maximum atomic E-state index is 11.3. The van der Waals surface area contributed by atoms with Gasteiger partial charge < -0.3 is 38.3 Å². The van der Waals surface area contributed by atoms with Crippen LogP contribution in [0.1, 0.15) is 68.2 Å². The second-order valence-corrected chi connectivity index (χ2v) is 24.5. The van der Waals surface area contributed by atoms with Crippen molar-refractivity contribution >= 4 is 49.1 Å². The number of nitrogens with one attached hydrogen (secondary N) is 1. The predicted molar refractivity (Wildman–Crippen MR) is 253 cm³/mol. The van der Waals surface area contributed by atoms with Gasteiger partial charge in [-0.25, -0.2) is 0 Å². The number of benzene rings is 4. The summed E-state index contributed by atoms with van der Waals surface area (Å²) in [6.07, 6.45) is 2.61. The van der Waals surface area contributed by atoms with Gasteiger partial charge in [-0.15, -0.1) is 0 Å². The molecule has 342 valence electrons. The molecule has 8 rings (SSSR count). The van der Waals surface area contributed by atoms with Crippen molar-refractivity contribution in [3.8, 4) is 28.9 Å². The molecule has 2 unspecified atom stereocenters. The zero-order valence-corrected chi connectivity index (χ0v) is 40.8. The van der Waals surface area contributed by atoms with Crippen molar-refractivity contribution < 1.29 is 37.8 Å². The summed E-state index contributed by atoms with van der Waals surface area (Å²) in [6.45, 7) is 18.5. The van der Waals surface area contributed by atoms with Crippen molar-refractivity contribution in [2.24, 2.45) is 5.41 Å². The number of ether oxygens (including phenoxy) is 4. The van der Waals surface area contributed by atoms with E-state index in [1.807, 2.05) is 48.5 Å². The number of aromatic nitrogens is 1. The smallest absolute Gasteiger partial charge is 0.311 e. The summed E-state index contributed by atoms with van der Waals surface area (Å²) in [5.74, 6) is 3.73. The molecular weight excluding hydrogens is 893 g/mol. The second-order valence-electron chi connectivity index (χ2n) is 18.6. The van der Waals surface area contributed by atoms with Gasteiger partial charge in [-0.1, -0.05) is 92.8 Å². The molecule has 4 heterocycles. The van der Waals surface area contributed by atoms with E-state index < -0.39 is 19.7 Å². The molecule has 0 radical (unpaired) electrons. The molecule has 4 aromatic carbocycles. The number of halogens is 3. The highest BCUT2D eigenvalue weighted by Crippen LogP contribution is 2.39. The van der Waals surface area contributed by atoms with Crippen molar-refractivity contribution in [3.05, 3.63) is 128 Å². The van der Waals surface area contributed by atoms with Crippen LogP contribution in [0.15, 0.2) is 83.4 Å². The molecule has 64 heavy (non-hydrogen) atoms. The summed E-state index contributed by atoms with van der Waals surface area (Å²) in [7, 11) is -1.94. The van der Waals surface area contributed by atoms with Gasteiger partial charge in [-0.05, 0) is 96.5 Å². The first-order chi connectivity index (χ1) is 30.4. The first-order valence-corrected chi connectivity index (χ1v) is 25.8. The topological polar surface area (TPSA) is 125 Å². The Kier molecular flexibility index (Phi) is 14.8. The molecule has 0 saturated carbocycles. The van der Waals surface area contributed by atoms with Crippen LogP contribution in [0.5, 0.6) is 28.9 Å². The number of carboxylic acid groups (broad SMARTS) is 1. The first kappa shape index (κ1) is 47.5. The van der Waals surface area contributed by atoms with Gasteiger partial charge in [0.15, 0.2) is 5.76 Å². The Balaban J connectivity index is 0.000000197. The molecule has 0 amide bonds.